The predicted molar refractivity (Wildman–Crippen MR) is 151 cm³/mol. The van der Waals surface area contributed by atoms with E-state index in [9.17, 15) is 14.7 Å². The molecule has 5 rings (SSSR count). The maximum Gasteiger partial charge on any atom is 0.349 e. The highest BCUT2D eigenvalue weighted by Crippen LogP contribution is 2.32. The number of aliphatic carboxylic acids is 1. The monoisotopic (exact) mass is 549 g/mol. The van der Waals surface area contributed by atoms with Gasteiger partial charge in [0.1, 0.15) is 35.3 Å². The number of oxazole rings is 1. The van der Waals surface area contributed by atoms with Crippen LogP contribution in [0.2, 0.25) is 0 Å². The van der Waals surface area contributed by atoms with E-state index in [-0.39, 0.29) is 23.7 Å². The van der Waals surface area contributed by atoms with Crippen molar-refractivity contribution in [2.75, 3.05) is 7.11 Å². The normalized spacial score (nSPS) is 11.5. The molecule has 0 saturated carbocycles. The van der Waals surface area contributed by atoms with E-state index in [4.69, 9.17) is 18.6 Å². The maximum atomic E-state index is 13.5. The van der Waals surface area contributed by atoms with Crippen molar-refractivity contribution in [1.29, 1.82) is 0 Å². The van der Waals surface area contributed by atoms with E-state index in [1.165, 1.54) is 13.2 Å². The first-order chi connectivity index (χ1) is 19.9. The molecule has 1 N–H and O–H groups in total. The highest BCUT2D eigenvalue weighted by atomic mass is 16.5. The Morgan fingerprint density at radius 2 is 1.54 bits per heavy atom. The molecule has 8 nitrogen and oxygen atoms in total. The van der Waals surface area contributed by atoms with Crippen molar-refractivity contribution in [3.05, 3.63) is 131 Å². The zero-order valence-electron chi connectivity index (χ0n) is 22.4. The molecule has 1 heterocycles. The second-order valence-electron chi connectivity index (χ2n) is 9.14. The van der Waals surface area contributed by atoms with Crippen molar-refractivity contribution in [2.45, 2.75) is 19.6 Å². The third kappa shape index (κ3) is 6.28. The van der Waals surface area contributed by atoms with E-state index < -0.39 is 12.1 Å². The first-order valence-electron chi connectivity index (χ1n) is 12.8. The van der Waals surface area contributed by atoms with Crippen molar-refractivity contribution < 1.29 is 33.3 Å². The van der Waals surface area contributed by atoms with Crippen LogP contribution in [-0.4, -0.2) is 29.0 Å². The molecule has 0 aliphatic heterocycles. The summed E-state index contributed by atoms with van der Waals surface area (Å²) in [6.45, 7) is 2.03. The average Bonchev–Trinajstić information content (AvgIpc) is 3.39. The number of ether oxygens (including phenoxy) is 3. The number of aromatic nitrogens is 1. The lowest BCUT2D eigenvalue weighted by atomic mass is 10.0. The van der Waals surface area contributed by atoms with Gasteiger partial charge in [0.05, 0.1) is 12.7 Å². The van der Waals surface area contributed by atoms with Crippen LogP contribution in [0.25, 0.3) is 11.5 Å². The maximum absolute atomic E-state index is 13.5. The Morgan fingerprint density at radius 1 is 0.878 bits per heavy atom. The first kappa shape index (κ1) is 27.2. The SMILES string of the molecule is COc1ccc(C(=O)c2ccc(OCc3nc(-c4ccccc4)oc3C)cc2)c(OC(C(=O)O)c2ccccc2)c1. The van der Waals surface area contributed by atoms with E-state index in [1.54, 1.807) is 66.7 Å². The lowest BCUT2D eigenvalue weighted by Crippen LogP contribution is -2.19. The minimum absolute atomic E-state index is 0.0988. The number of rotatable bonds is 11. The van der Waals surface area contributed by atoms with Crippen LogP contribution in [0.15, 0.2) is 108 Å². The number of methoxy groups -OCH3 is 1. The van der Waals surface area contributed by atoms with Gasteiger partial charge in [-0.3, -0.25) is 4.79 Å². The highest BCUT2D eigenvalue weighted by Gasteiger charge is 2.25. The Hall–Kier alpha value is -5.37. The summed E-state index contributed by atoms with van der Waals surface area (Å²) in [5.41, 5.74) is 2.58. The second-order valence-corrected chi connectivity index (χ2v) is 9.14. The van der Waals surface area contributed by atoms with Gasteiger partial charge in [-0.05, 0) is 55.5 Å². The van der Waals surface area contributed by atoms with Gasteiger partial charge in [0.25, 0.3) is 0 Å². The average molecular weight is 550 g/mol. The lowest BCUT2D eigenvalue weighted by molar-refractivity contribution is -0.145. The fourth-order valence-corrected chi connectivity index (χ4v) is 4.21. The van der Waals surface area contributed by atoms with Gasteiger partial charge in [-0.15, -0.1) is 0 Å². The number of carbonyl (C=O) groups is 2. The molecule has 0 amide bonds. The molecular formula is C33H27NO7. The summed E-state index contributed by atoms with van der Waals surface area (Å²) >= 11 is 0. The minimum Gasteiger partial charge on any atom is -0.497 e. The number of aryl methyl sites for hydroxylation is 1. The molecule has 4 aromatic carbocycles. The fourth-order valence-electron chi connectivity index (χ4n) is 4.21. The largest absolute Gasteiger partial charge is 0.497 e. The quantitative estimate of drug-likeness (QED) is 0.182. The Bertz CT molecular complexity index is 1640. The van der Waals surface area contributed by atoms with Crippen molar-refractivity contribution in [1.82, 2.24) is 4.98 Å². The molecule has 8 heteroatoms. The molecule has 0 aliphatic carbocycles. The molecule has 1 unspecified atom stereocenters. The molecule has 41 heavy (non-hydrogen) atoms. The number of hydrogen-bond acceptors (Lipinski definition) is 7. The number of nitrogens with zero attached hydrogens (tertiary/aromatic N) is 1. The highest BCUT2D eigenvalue weighted by molar-refractivity contribution is 6.11. The van der Waals surface area contributed by atoms with E-state index in [1.807, 2.05) is 37.3 Å². The minimum atomic E-state index is -1.31. The van der Waals surface area contributed by atoms with E-state index >= 15 is 0 Å². The molecule has 0 radical (unpaired) electrons. The van der Waals surface area contributed by atoms with Crippen molar-refractivity contribution in [2.24, 2.45) is 0 Å². The summed E-state index contributed by atoms with van der Waals surface area (Å²) in [5.74, 6) is 0.739. The van der Waals surface area contributed by atoms with Crippen molar-refractivity contribution in [3.63, 3.8) is 0 Å². The molecule has 0 aliphatic rings. The molecule has 0 saturated heterocycles. The third-order valence-electron chi connectivity index (χ3n) is 6.41. The van der Waals surface area contributed by atoms with Gasteiger partial charge < -0.3 is 23.7 Å². The molecule has 1 aromatic heterocycles. The molecule has 206 valence electrons. The fraction of sp³-hybridized carbons (Fsp3) is 0.121. The summed E-state index contributed by atoms with van der Waals surface area (Å²) in [7, 11) is 1.48. The van der Waals surface area contributed by atoms with Gasteiger partial charge >= 0.3 is 5.97 Å². The third-order valence-corrected chi connectivity index (χ3v) is 6.41. The summed E-state index contributed by atoms with van der Waals surface area (Å²) in [6, 6.07) is 29.5. The van der Waals surface area contributed by atoms with Crippen LogP contribution in [-0.2, 0) is 11.4 Å². The smallest absolute Gasteiger partial charge is 0.349 e. The van der Waals surface area contributed by atoms with Gasteiger partial charge in [0.2, 0.25) is 12.0 Å². The number of ketones is 1. The molecule has 0 spiro atoms. The van der Waals surface area contributed by atoms with Crippen LogP contribution in [0, 0.1) is 6.92 Å². The van der Waals surface area contributed by atoms with Gasteiger partial charge in [-0.2, -0.15) is 0 Å². The van der Waals surface area contributed by atoms with Crippen molar-refractivity contribution >= 4 is 11.8 Å². The Kier molecular flexibility index (Phi) is 8.10. The predicted octanol–water partition coefficient (Wildman–Crippen LogP) is 6.67. The van der Waals surface area contributed by atoms with E-state index in [2.05, 4.69) is 4.98 Å². The summed E-state index contributed by atoms with van der Waals surface area (Å²) < 4.78 is 22.9. The van der Waals surface area contributed by atoms with Crippen LogP contribution in [0.5, 0.6) is 17.2 Å². The molecule has 0 fully saturated rings. The number of carboxylic acids is 1. The van der Waals surface area contributed by atoms with Gasteiger partial charge in [0.15, 0.2) is 5.78 Å². The van der Waals surface area contributed by atoms with E-state index in [0.29, 0.717) is 40.0 Å². The summed E-state index contributed by atoms with van der Waals surface area (Å²) in [6.07, 6.45) is -1.31. The molecule has 0 bridgehead atoms. The first-order valence-corrected chi connectivity index (χ1v) is 12.8. The molecular weight excluding hydrogens is 522 g/mol. The van der Waals surface area contributed by atoms with Crippen molar-refractivity contribution in [3.8, 4) is 28.7 Å². The van der Waals surface area contributed by atoms with Crippen LogP contribution in [0.3, 0.4) is 0 Å². The lowest BCUT2D eigenvalue weighted by Gasteiger charge is -2.18. The number of carboxylic acid groups (broad SMARTS) is 1. The van der Waals surface area contributed by atoms with E-state index in [0.717, 1.165) is 5.56 Å². The molecule has 5 aromatic rings. The Balaban J connectivity index is 1.32. The second kappa shape index (κ2) is 12.2. The Morgan fingerprint density at radius 3 is 2.20 bits per heavy atom. The molecule has 1 atom stereocenters. The van der Waals surface area contributed by atoms with Gasteiger partial charge in [0, 0.05) is 22.8 Å². The topological polar surface area (TPSA) is 108 Å². The number of carbonyl (C=O) groups excluding carboxylic acids is 1. The zero-order chi connectivity index (χ0) is 28.8. The number of hydrogen-bond donors (Lipinski definition) is 1. The summed E-state index contributed by atoms with van der Waals surface area (Å²) in [4.78, 5) is 30.1. The number of benzene rings is 4. The zero-order valence-corrected chi connectivity index (χ0v) is 22.4. The standard InChI is InChI=1S/C33H27NO7/c1-21-28(34-32(40-21)24-11-7-4-8-12-24)20-39-25-15-13-22(14-16-25)30(35)27-18-17-26(38-2)19-29(27)41-31(33(36)37)23-9-5-3-6-10-23/h3-19,31H,20H2,1-2H3,(H,36,37). The van der Waals surface area contributed by atoms with Crippen LogP contribution in [0.1, 0.15) is 39.0 Å². The summed E-state index contributed by atoms with van der Waals surface area (Å²) in [5, 5.41) is 9.84. The Labute approximate surface area is 236 Å². The van der Waals surface area contributed by atoms with Crippen LogP contribution < -0.4 is 14.2 Å². The van der Waals surface area contributed by atoms with Crippen LogP contribution >= 0.6 is 0 Å². The van der Waals surface area contributed by atoms with Gasteiger partial charge in [-0.1, -0.05) is 48.5 Å². The van der Waals surface area contributed by atoms with Crippen LogP contribution in [0.4, 0.5) is 0 Å². The van der Waals surface area contributed by atoms with Gasteiger partial charge in [-0.25, -0.2) is 9.78 Å².